The number of furan rings is 1. The molecule has 2 amide bonds. The van der Waals surface area contributed by atoms with Crippen LogP contribution >= 0.6 is 0 Å². The summed E-state index contributed by atoms with van der Waals surface area (Å²) in [7, 11) is 0. The van der Waals surface area contributed by atoms with Crippen molar-refractivity contribution in [1.82, 2.24) is 25.2 Å². The predicted molar refractivity (Wildman–Crippen MR) is 128 cm³/mol. The van der Waals surface area contributed by atoms with Gasteiger partial charge in [-0.2, -0.15) is 0 Å². The molecule has 0 aliphatic rings. The van der Waals surface area contributed by atoms with Crippen molar-refractivity contribution in [3.8, 4) is 0 Å². The Bertz CT molecular complexity index is 1300. The van der Waals surface area contributed by atoms with E-state index in [2.05, 4.69) is 15.6 Å². The highest BCUT2D eigenvalue weighted by molar-refractivity contribution is 5.89. The molecule has 35 heavy (non-hydrogen) atoms. The van der Waals surface area contributed by atoms with E-state index < -0.39 is 11.6 Å². The van der Waals surface area contributed by atoms with Crippen molar-refractivity contribution in [3.05, 3.63) is 84.1 Å². The Labute approximate surface area is 202 Å². The van der Waals surface area contributed by atoms with Crippen molar-refractivity contribution in [3.63, 3.8) is 0 Å². The summed E-state index contributed by atoms with van der Waals surface area (Å²) in [6.07, 6.45) is 2.16. The quantitative estimate of drug-likeness (QED) is 0.389. The van der Waals surface area contributed by atoms with Crippen molar-refractivity contribution in [1.29, 1.82) is 0 Å². The normalized spacial score (nSPS) is 12.5. The van der Waals surface area contributed by atoms with Gasteiger partial charge in [0.2, 0.25) is 5.91 Å². The Kier molecular flexibility index (Phi) is 6.95. The largest absolute Gasteiger partial charge is 0.467 e. The molecule has 4 aromatic rings. The van der Waals surface area contributed by atoms with Crippen molar-refractivity contribution in [2.24, 2.45) is 0 Å². The smallest absolute Gasteiger partial charge is 0.251 e. The third kappa shape index (κ3) is 5.56. The molecule has 4 rings (SSSR count). The van der Waals surface area contributed by atoms with Crippen LogP contribution < -0.4 is 5.32 Å². The van der Waals surface area contributed by atoms with E-state index in [0.717, 1.165) is 0 Å². The van der Waals surface area contributed by atoms with Gasteiger partial charge in [-0.1, -0.05) is 36.4 Å². The van der Waals surface area contributed by atoms with Crippen LogP contribution in [0, 0.1) is 5.82 Å². The van der Waals surface area contributed by atoms with Gasteiger partial charge in [0.15, 0.2) is 6.04 Å². The summed E-state index contributed by atoms with van der Waals surface area (Å²) in [5.74, 6) is -0.791. The summed E-state index contributed by atoms with van der Waals surface area (Å²) in [5.41, 5.74) is 1.54. The molecule has 0 spiro atoms. The van der Waals surface area contributed by atoms with Crippen LogP contribution in [0.15, 0.2) is 71.3 Å². The topological polar surface area (TPSA) is 93.3 Å². The molecule has 0 saturated carbocycles. The number of hydrogen-bond donors (Lipinski definition) is 1. The number of nitrogens with zero attached hydrogens (tertiary/aromatic N) is 4. The van der Waals surface area contributed by atoms with Crippen LogP contribution in [0.4, 0.5) is 4.39 Å². The van der Waals surface area contributed by atoms with E-state index in [0.29, 0.717) is 28.8 Å². The molecule has 1 N–H and O–H groups in total. The molecule has 0 unspecified atom stereocenters. The highest BCUT2D eigenvalue weighted by atomic mass is 19.1. The molecular weight excluding hydrogens is 449 g/mol. The second-order valence-electron chi connectivity index (χ2n) is 9.03. The fraction of sp³-hybridized carbons (Fsp3) is 0.308. The average molecular weight is 478 g/mol. The number of para-hydroxylation sites is 1. The number of halogens is 1. The van der Waals surface area contributed by atoms with Crippen molar-refractivity contribution in [2.45, 2.75) is 51.9 Å². The molecule has 0 radical (unpaired) electrons. The fourth-order valence-electron chi connectivity index (χ4n) is 3.72. The molecule has 0 saturated heterocycles. The molecule has 9 heteroatoms. The number of carbonyl (C=O) groups is 2. The predicted octanol–water partition coefficient (Wildman–Crippen LogP) is 4.24. The lowest BCUT2D eigenvalue weighted by atomic mass is 10.0. The number of rotatable bonds is 9. The fourth-order valence-corrected chi connectivity index (χ4v) is 3.72. The van der Waals surface area contributed by atoms with Gasteiger partial charge in [-0.3, -0.25) is 9.59 Å². The van der Waals surface area contributed by atoms with Crippen LogP contribution in [0.1, 0.15) is 44.6 Å². The summed E-state index contributed by atoms with van der Waals surface area (Å²) >= 11 is 0. The highest BCUT2D eigenvalue weighted by Crippen LogP contribution is 2.26. The minimum atomic E-state index is -1.04. The number of fused-ring (bicyclic) bond motifs is 1. The summed E-state index contributed by atoms with van der Waals surface area (Å²) in [6, 6.07) is 15.5. The molecule has 0 fully saturated rings. The third-order valence-electron chi connectivity index (χ3n) is 6.01. The second-order valence-corrected chi connectivity index (χ2v) is 9.03. The third-order valence-corrected chi connectivity index (χ3v) is 6.01. The van der Waals surface area contributed by atoms with E-state index in [1.165, 1.54) is 28.0 Å². The van der Waals surface area contributed by atoms with E-state index in [-0.39, 0.29) is 30.7 Å². The van der Waals surface area contributed by atoms with E-state index in [4.69, 9.17) is 4.42 Å². The average Bonchev–Trinajstić information content (AvgIpc) is 3.50. The summed E-state index contributed by atoms with van der Waals surface area (Å²) in [6.45, 7) is 5.73. The Hall–Kier alpha value is -4.01. The van der Waals surface area contributed by atoms with Gasteiger partial charge in [0, 0.05) is 12.1 Å². The summed E-state index contributed by atoms with van der Waals surface area (Å²) in [5, 5.41) is 11.3. The minimum absolute atomic E-state index is 0.0666. The van der Waals surface area contributed by atoms with Gasteiger partial charge in [0.05, 0.1) is 11.8 Å². The van der Waals surface area contributed by atoms with Gasteiger partial charge in [-0.25, -0.2) is 9.07 Å². The molecule has 2 aromatic heterocycles. The molecule has 0 aliphatic heterocycles. The van der Waals surface area contributed by atoms with Crippen LogP contribution in [-0.4, -0.2) is 37.2 Å². The number of hydrogen-bond acceptors (Lipinski definition) is 5. The molecule has 1 atom stereocenters. The Morgan fingerprint density at radius 1 is 1.11 bits per heavy atom. The van der Waals surface area contributed by atoms with Gasteiger partial charge >= 0.3 is 0 Å². The Balaban J connectivity index is 1.72. The molecule has 2 heterocycles. The summed E-state index contributed by atoms with van der Waals surface area (Å²) < 4.78 is 20.7. The monoisotopic (exact) mass is 477 g/mol. The maximum absolute atomic E-state index is 13.7. The first-order valence-corrected chi connectivity index (χ1v) is 11.4. The van der Waals surface area contributed by atoms with E-state index in [9.17, 15) is 14.0 Å². The van der Waals surface area contributed by atoms with E-state index >= 15 is 0 Å². The molecule has 8 nitrogen and oxygen atoms in total. The maximum Gasteiger partial charge on any atom is 0.251 e. The van der Waals surface area contributed by atoms with Crippen molar-refractivity contribution >= 4 is 22.8 Å². The zero-order chi connectivity index (χ0) is 25.0. The minimum Gasteiger partial charge on any atom is -0.467 e. The molecule has 0 aliphatic carbocycles. The maximum atomic E-state index is 13.7. The van der Waals surface area contributed by atoms with Crippen LogP contribution in [0.3, 0.4) is 0 Å². The summed E-state index contributed by atoms with van der Waals surface area (Å²) in [4.78, 5) is 28.7. The van der Waals surface area contributed by atoms with Crippen molar-refractivity contribution < 1.29 is 18.4 Å². The number of amides is 2. The van der Waals surface area contributed by atoms with Gasteiger partial charge < -0.3 is 14.6 Å². The second kappa shape index (κ2) is 10.1. The SMILES string of the molecule is CCC(C)(C)NC(=O)[C@H](c1ccco1)N(Cc1ccc(F)cc1)C(=O)Cn1nnc2ccccc21. The molecule has 2 aromatic carbocycles. The zero-order valence-corrected chi connectivity index (χ0v) is 19.9. The zero-order valence-electron chi connectivity index (χ0n) is 19.9. The lowest BCUT2D eigenvalue weighted by molar-refractivity contribution is -0.143. The van der Waals surface area contributed by atoms with Crippen LogP contribution in [0.25, 0.3) is 11.0 Å². The van der Waals surface area contributed by atoms with Gasteiger partial charge in [0.1, 0.15) is 23.6 Å². The lowest BCUT2D eigenvalue weighted by Crippen LogP contribution is -2.50. The van der Waals surface area contributed by atoms with Gasteiger partial charge in [-0.15, -0.1) is 5.10 Å². The highest BCUT2D eigenvalue weighted by Gasteiger charge is 2.36. The number of aromatic nitrogens is 3. The lowest BCUT2D eigenvalue weighted by Gasteiger charge is -2.33. The van der Waals surface area contributed by atoms with Crippen LogP contribution in [0.5, 0.6) is 0 Å². The van der Waals surface area contributed by atoms with Gasteiger partial charge in [0.25, 0.3) is 5.91 Å². The van der Waals surface area contributed by atoms with E-state index in [1.807, 2.05) is 45.0 Å². The number of carbonyl (C=O) groups excluding carboxylic acids is 2. The van der Waals surface area contributed by atoms with E-state index in [1.54, 1.807) is 24.3 Å². The number of nitrogens with one attached hydrogen (secondary N) is 1. The van der Waals surface area contributed by atoms with Crippen molar-refractivity contribution in [2.75, 3.05) is 0 Å². The molecule has 0 bridgehead atoms. The van der Waals surface area contributed by atoms with Gasteiger partial charge in [-0.05, 0) is 62.2 Å². The first kappa shape index (κ1) is 24.1. The standard InChI is InChI=1S/C26H28FN5O3/c1-4-26(2,3)28-25(34)24(22-10-7-15-35-22)31(16-18-11-13-19(27)14-12-18)23(33)17-32-21-9-6-5-8-20(21)29-30-32/h5-15,24H,4,16-17H2,1-3H3,(H,28,34)/t24-/m0/s1. The number of benzene rings is 2. The Morgan fingerprint density at radius 2 is 1.86 bits per heavy atom. The molecular formula is C26H28FN5O3. The first-order chi connectivity index (χ1) is 16.8. The molecule has 182 valence electrons. The van der Waals surface area contributed by atoms with Crippen LogP contribution in [-0.2, 0) is 22.7 Å². The first-order valence-electron chi connectivity index (χ1n) is 11.4. The van der Waals surface area contributed by atoms with Crippen LogP contribution in [0.2, 0.25) is 0 Å². The Morgan fingerprint density at radius 3 is 2.54 bits per heavy atom.